The standard InChI is InChI=1S/C5H10N2O3S/c1-11-3-5(9)7-10-2-4(6)8/h2-3H2,1H3,(H2,6,8)(H,7,9). The average molecular weight is 178 g/mol. The van der Waals surface area contributed by atoms with E-state index in [2.05, 4.69) is 10.3 Å². The van der Waals surface area contributed by atoms with Crippen molar-refractivity contribution in [3.8, 4) is 0 Å². The molecule has 6 heteroatoms. The molecule has 0 atom stereocenters. The van der Waals surface area contributed by atoms with E-state index in [-0.39, 0.29) is 12.5 Å². The van der Waals surface area contributed by atoms with Crippen LogP contribution < -0.4 is 11.2 Å². The fourth-order valence-corrected chi connectivity index (χ4v) is 0.669. The number of rotatable bonds is 5. The maximum absolute atomic E-state index is 10.6. The molecule has 0 heterocycles. The van der Waals surface area contributed by atoms with Crippen molar-refractivity contribution >= 4 is 23.6 Å². The minimum atomic E-state index is -0.616. The third-order valence-electron chi connectivity index (χ3n) is 0.676. The Kier molecular flexibility index (Phi) is 5.58. The number of nitrogens with two attached hydrogens (primary N) is 1. The molecule has 0 rings (SSSR count). The molecule has 0 aliphatic heterocycles. The lowest BCUT2D eigenvalue weighted by Gasteiger charge is -2.01. The quantitative estimate of drug-likeness (QED) is 0.523. The molecular formula is C5H10N2O3S. The minimum Gasteiger partial charge on any atom is -0.368 e. The number of hydrogen-bond donors (Lipinski definition) is 2. The second kappa shape index (κ2) is 5.99. The van der Waals surface area contributed by atoms with Crippen LogP contribution in [0.25, 0.3) is 0 Å². The van der Waals surface area contributed by atoms with Crippen molar-refractivity contribution in [3.05, 3.63) is 0 Å². The van der Waals surface area contributed by atoms with Crippen LogP contribution in [0.5, 0.6) is 0 Å². The smallest absolute Gasteiger partial charge is 0.253 e. The van der Waals surface area contributed by atoms with E-state index in [9.17, 15) is 9.59 Å². The Bertz CT molecular complexity index is 151. The van der Waals surface area contributed by atoms with Crippen molar-refractivity contribution in [3.63, 3.8) is 0 Å². The first-order valence-corrected chi connectivity index (χ1v) is 4.24. The number of carbonyl (C=O) groups excluding carboxylic acids is 2. The molecule has 0 aromatic heterocycles. The van der Waals surface area contributed by atoms with Crippen molar-refractivity contribution < 1.29 is 14.4 Å². The van der Waals surface area contributed by atoms with Gasteiger partial charge in [-0.15, -0.1) is 0 Å². The molecular weight excluding hydrogens is 168 g/mol. The van der Waals surface area contributed by atoms with Crippen LogP contribution in [0.2, 0.25) is 0 Å². The molecule has 0 aromatic carbocycles. The van der Waals surface area contributed by atoms with E-state index in [1.807, 2.05) is 0 Å². The highest BCUT2D eigenvalue weighted by atomic mass is 32.2. The van der Waals surface area contributed by atoms with E-state index < -0.39 is 5.91 Å². The number of nitrogens with one attached hydrogen (secondary N) is 1. The van der Waals surface area contributed by atoms with Gasteiger partial charge in [-0.2, -0.15) is 11.8 Å². The van der Waals surface area contributed by atoms with Gasteiger partial charge in [0.15, 0.2) is 6.61 Å². The molecule has 0 fully saturated rings. The van der Waals surface area contributed by atoms with Crippen LogP contribution in [0.3, 0.4) is 0 Å². The molecule has 2 amide bonds. The minimum absolute atomic E-state index is 0.279. The summed E-state index contributed by atoms with van der Waals surface area (Å²) in [5.41, 5.74) is 6.79. The van der Waals surface area contributed by atoms with E-state index in [4.69, 9.17) is 5.73 Å². The Morgan fingerprint density at radius 3 is 2.73 bits per heavy atom. The van der Waals surface area contributed by atoms with Gasteiger partial charge in [0.1, 0.15) is 0 Å². The van der Waals surface area contributed by atoms with Crippen LogP contribution in [0.4, 0.5) is 0 Å². The number of hydroxylamine groups is 1. The molecule has 0 aromatic rings. The van der Waals surface area contributed by atoms with E-state index in [1.165, 1.54) is 11.8 Å². The summed E-state index contributed by atoms with van der Waals surface area (Å²) in [5.74, 6) is -0.591. The summed E-state index contributed by atoms with van der Waals surface area (Å²) in [4.78, 5) is 25.1. The third kappa shape index (κ3) is 7.14. The lowest BCUT2D eigenvalue weighted by Crippen LogP contribution is -2.30. The molecule has 0 bridgehead atoms. The molecule has 64 valence electrons. The van der Waals surface area contributed by atoms with Gasteiger partial charge in [-0.3, -0.25) is 14.4 Å². The maximum atomic E-state index is 10.6. The highest BCUT2D eigenvalue weighted by Crippen LogP contribution is 1.88. The lowest BCUT2D eigenvalue weighted by molar-refractivity contribution is -0.135. The highest BCUT2D eigenvalue weighted by Gasteiger charge is 1.99. The number of thioether (sulfide) groups is 1. The SMILES string of the molecule is CSCC(=O)NOCC(N)=O. The highest BCUT2D eigenvalue weighted by molar-refractivity contribution is 7.99. The summed E-state index contributed by atoms with van der Waals surface area (Å²) in [7, 11) is 0. The number of primary amides is 1. The molecule has 0 saturated carbocycles. The molecule has 3 N–H and O–H groups in total. The molecule has 11 heavy (non-hydrogen) atoms. The Morgan fingerprint density at radius 1 is 1.64 bits per heavy atom. The topological polar surface area (TPSA) is 81.4 Å². The zero-order valence-electron chi connectivity index (χ0n) is 6.12. The van der Waals surface area contributed by atoms with E-state index in [0.29, 0.717) is 5.75 Å². The molecule has 5 nitrogen and oxygen atoms in total. The number of amides is 2. The third-order valence-corrected chi connectivity index (χ3v) is 1.23. The lowest BCUT2D eigenvalue weighted by atomic mass is 10.7. The number of hydrogen-bond acceptors (Lipinski definition) is 4. The van der Waals surface area contributed by atoms with Crippen LogP contribution in [-0.4, -0.2) is 30.4 Å². The van der Waals surface area contributed by atoms with Crippen molar-refractivity contribution in [2.45, 2.75) is 0 Å². The van der Waals surface area contributed by atoms with Gasteiger partial charge in [-0.25, -0.2) is 5.48 Å². The Hall–Kier alpha value is -0.750. The first-order chi connectivity index (χ1) is 5.16. The summed E-state index contributed by atoms with van der Waals surface area (Å²) >= 11 is 1.36. The summed E-state index contributed by atoms with van der Waals surface area (Å²) in [6, 6.07) is 0. The van der Waals surface area contributed by atoms with Crippen molar-refractivity contribution in [2.75, 3.05) is 18.6 Å². The Labute approximate surface area is 68.6 Å². The van der Waals surface area contributed by atoms with E-state index >= 15 is 0 Å². The molecule has 0 spiro atoms. The van der Waals surface area contributed by atoms with Gasteiger partial charge in [-0.1, -0.05) is 0 Å². The molecule has 0 aliphatic rings. The zero-order chi connectivity index (χ0) is 8.69. The van der Waals surface area contributed by atoms with Gasteiger partial charge < -0.3 is 5.73 Å². The van der Waals surface area contributed by atoms with E-state index in [0.717, 1.165) is 0 Å². The Morgan fingerprint density at radius 2 is 2.27 bits per heavy atom. The van der Waals surface area contributed by atoms with Crippen molar-refractivity contribution in [1.29, 1.82) is 0 Å². The van der Waals surface area contributed by atoms with Crippen molar-refractivity contribution in [1.82, 2.24) is 5.48 Å². The summed E-state index contributed by atoms with van der Waals surface area (Å²) in [5, 5.41) is 0. The second-order valence-corrected chi connectivity index (χ2v) is 2.58. The van der Waals surface area contributed by atoms with Gasteiger partial charge in [0.05, 0.1) is 5.75 Å². The van der Waals surface area contributed by atoms with Crippen LogP contribution in [0.15, 0.2) is 0 Å². The first-order valence-electron chi connectivity index (χ1n) is 2.84. The van der Waals surface area contributed by atoms with Crippen LogP contribution in [0, 0.1) is 0 Å². The fraction of sp³-hybridized carbons (Fsp3) is 0.600. The normalized spacial score (nSPS) is 9.18. The van der Waals surface area contributed by atoms with Gasteiger partial charge >= 0.3 is 0 Å². The van der Waals surface area contributed by atoms with Crippen LogP contribution >= 0.6 is 11.8 Å². The monoisotopic (exact) mass is 178 g/mol. The van der Waals surface area contributed by atoms with Gasteiger partial charge in [0.2, 0.25) is 5.91 Å². The summed E-state index contributed by atoms with van der Waals surface area (Å²) in [6.07, 6.45) is 1.79. The number of carbonyl (C=O) groups is 2. The first kappa shape index (κ1) is 10.2. The molecule has 0 aliphatic carbocycles. The van der Waals surface area contributed by atoms with Gasteiger partial charge in [0, 0.05) is 0 Å². The van der Waals surface area contributed by atoms with E-state index in [1.54, 1.807) is 6.26 Å². The molecule has 0 saturated heterocycles. The van der Waals surface area contributed by atoms with Gasteiger partial charge in [0.25, 0.3) is 5.91 Å². The maximum Gasteiger partial charge on any atom is 0.253 e. The average Bonchev–Trinajstić information content (AvgIpc) is 1.87. The molecule has 0 radical (unpaired) electrons. The van der Waals surface area contributed by atoms with Crippen LogP contribution in [0.1, 0.15) is 0 Å². The zero-order valence-corrected chi connectivity index (χ0v) is 6.94. The van der Waals surface area contributed by atoms with Crippen LogP contribution in [-0.2, 0) is 14.4 Å². The second-order valence-electron chi connectivity index (χ2n) is 1.71. The molecule has 0 unspecified atom stereocenters. The Balaban J connectivity index is 3.24. The summed E-state index contributed by atoms with van der Waals surface area (Å²) < 4.78 is 0. The predicted octanol–water partition coefficient (Wildman–Crippen LogP) is -1.12. The van der Waals surface area contributed by atoms with Crippen molar-refractivity contribution in [2.24, 2.45) is 5.73 Å². The summed E-state index contributed by atoms with van der Waals surface area (Å²) in [6.45, 7) is -0.292. The van der Waals surface area contributed by atoms with Gasteiger partial charge in [-0.05, 0) is 6.26 Å². The largest absolute Gasteiger partial charge is 0.368 e. The predicted molar refractivity (Wildman–Crippen MR) is 41.7 cm³/mol. The fourth-order valence-electron chi connectivity index (χ4n) is 0.348.